The van der Waals surface area contributed by atoms with E-state index in [1.54, 1.807) is 6.92 Å². The van der Waals surface area contributed by atoms with Gasteiger partial charge in [0.2, 0.25) is 0 Å². The van der Waals surface area contributed by atoms with Gasteiger partial charge in [0.1, 0.15) is 4.21 Å². The number of nitrogens with one attached hydrogen (secondary N) is 2. The lowest BCUT2D eigenvalue weighted by Gasteiger charge is -2.08. The van der Waals surface area contributed by atoms with E-state index in [-0.39, 0.29) is 10.0 Å². The number of hydrogen-bond donors (Lipinski definition) is 2. The SMILES string of the molecule is CC(NS(=O)(=O)c1cc(Cl)c(Br)s1)c1nn[nH]n1. The number of tetrazole rings is 1. The molecule has 18 heavy (non-hydrogen) atoms. The van der Waals surface area contributed by atoms with Gasteiger partial charge in [0.15, 0.2) is 5.82 Å². The second kappa shape index (κ2) is 5.21. The molecule has 0 amide bonds. The van der Waals surface area contributed by atoms with Crippen LogP contribution in [0.4, 0.5) is 0 Å². The van der Waals surface area contributed by atoms with Crippen LogP contribution in [0.25, 0.3) is 0 Å². The molecule has 1 unspecified atom stereocenters. The molecule has 0 spiro atoms. The molecule has 2 rings (SSSR count). The van der Waals surface area contributed by atoms with Crippen LogP contribution in [0.15, 0.2) is 14.1 Å². The molecule has 0 bridgehead atoms. The van der Waals surface area contributed by atoms with Gasteiger partial charge in [-0.2, -0.15) is 9.94 Å². The third kappa shape index (κ3) is 2.88. The fourth-order valence-electron chi connectivity index (χ4n) is 1.16. The van der Waals surface area contributed by atoms with Gasteiger partial charge in [0, 0.05) is 0 Å². The Hall–Kier alpha value is -0.550. The lowest BCUT2D eigenvalue weighted by Crippen LogP contribution is -2.27. The summed E-state index contributed by atoms with van der Waals surface area (Å²) in [7, 11) is -3.65. The van der Waals surface area contributed by atoms with Crippen molar-refractivity contribution in [3.05, 3.63) is 20.7 Å². The maximum atomic E-state index is 12.0. The van der Waals surface area contributed by atoms with Crippen molar-refractivity contribution < 1.29 is 8.42 Å². The summed E-state index contributed by atoms with van der Waals surface area (Å²) in [4.78, 5) is 0. The molecular weight excluding hydrogens is 366 g/mol. The van der Waals surface area contributed by atoms with E-state index >= 15 is 0 Å². The van der Waals surface area contributed by atoms with Gasteiger partial charge in [0.05, 0.1) is 14.9 Å². The van der Waals surface area contributed by atoms with Crippen molar-refractivity contribution in [2.45, 2.75) is 17.2 Å². The number of thiophene rings is 1. The molecule has 0 saturated carbocycles. The van der Waals surface area contributed by atoms with E-state index in [4.69, 9.17) is 11.6 Å². The van der Waals surface area contributed by atoms with Gasteiger partial charge in [-0.05, 0) is 28.9 Å². The summed E-state index contributed by atoms with van der Waals surface area (Å²) >= 11 is 10.0. The Kier molecular flexibility index (Phi) is 4.02. The molecular formula is C7H7BrClN5O2S2. The summed E-state index contributed by atoms with van der Waals surface area (Å²) in [5, 5.41) is 13.4. The van der Waals surface area contributed by atoms with Gasteiger partial charge in [-0.3, -0.25) is 0 Å². The topological polar surface area (TPSA) is 101 Å². The highest BCUT2D eigenvalue weighted by molar-refractivity contribution is 9.11. The van der Waals surface area contributed by atoms with Crippen LogP contribution in [0.3, 0.4) is 0 Å². The molecule has 2 N–H and O–H groups in total. The van der Waals surface area contributed by atoms with Gasteiger partial charge >= 0.3 is 0 Å². The van der Waals surface area contributed by atoms with E-state index in [9.17, 15) is 8.42 Å². The lowest BCUT2D eigenvalue weighted by atomic mass is 10.4. The zero-order chi connectivity index (χ0) is 13.3. The van der Waals surface area contributed by atoms with E-state index in [1.165, 1.54) is 6.07 Å². The van der Waals surface area contributed by atoms with Crippen molar-refractivity contribution >= 4 is 48.9 Å². The molecule has 2 aromatic heterocycles. The maximum Gasteiger partial charge on any atom is 0.250 e. The first-order valence-electron chi connectivity index (χ1n) is 4.60. The Labute approximate surface area is 120 Å². The molecule has 0 aliphatic rings. The Balaban J connectivity index is 2.22. The standard InChI is InChI=1S/C7H7BrClN5O2S2/c1-3(7-10-13-14-11-7)12-18(15,16)5-2-4(9)6(8)17-5/h2-3,12H,1H3,(H,10,11,13,14). The number of aromatic nitrogens is 4. The minimum Gasteiger partial charge on any atom is -0.206 e. The van der Waals surface area contributed by atoms with Crippen molar-refractivity contribution in [1.29, 1.82) is 0 Å². The van der Waals surface area contributed by atoms with E-state index in [0.29, 0.717) is 8.81 Å². The molecule has 7 nitrogen and oxygen atoms in total. The third-order valence-corrected chi connectivity index (χ3v) is 6.46. The predicted molar refractivity (Wildman–Crippen MR) is 69.9 cm³/mol. The average Bonchev–Trinajstić information content (AvgIpc) is 2.89. The molecule has 0 fully saturated rings. The zero-order valence-electron chi connectivity index (χ0n) is 8.89. The first-order valence-corrected chi connectivity index (χ1v) is 8.07. The highest BCUT2D eigenvalue weighted by Gasteiger charge is 2.23. The minimum absolute atomic E-state index is 0.120. The van der Waals surface area contributed by atoms with Crippen molar-refractivity contribution in [2.75, 3.05) is 0 Å². The Morgan fingerprint density at radius 3 is 2.83 bits per heavy atom. The Bertz CT molecular complexity index is 621. The molecule has 11 heteroatoms. The lowest BCUT2D eigenvalue weighted by molar-refractivity contribution is 0.562. The van der Waals surface area contributed by atoms with Crippen molar-refractivity contribution in [3.63, 3.8) is 0 Å². The predicted octanol–water partition coefficient (Wildman–Crippen LogP) is 1.72. The van der Waals surface area contributed by atoms with Gasteiger partial charge in [-0.1, -0.05) is 16.8 Å². The first kappa shape index (κ1) is 13.9. The summed E-state index contributed by atoms with van der Waals surface area (Å²) in [6.45, 7) is 1.62. The Morgan fingerprint density at radius 1 is 1.61 bits per heavy atom. The molecule has 1 atom stereocenters. The monoisotopic (exact) mass is 371 g/mol. The molecule has 2 aromatic rings. The highest BCUT2D eigenvalue weighted by atomic mass is 79.9. The third-order valence-electron chi connectivity index (χ3n) is 1.97. The van der Waals surface area contributed by atoms with Crippen molar-refractivity contribution in [1.82, 2.24) is 25.3 Å². The smallest absolute Gasteiger partial charge is 0.206 e. The molecule has 0 saturated heterocycles. The van der Waals surface area contributed by atoms with Gasteiger partial charge in [-0.15, -0.1) is 21.5 Å². The summed E-state index contributed by atoms with van der Waals surface area (Å²) in [6.07, 6.45) is 0. The molecule has 2 heterocycles. The second-order valence-electron chi connectivity index (χ2n) is 3.30. The van der Waals surface area contributed by atoms with Gasteiger partial charge in [-0.25, -0.2) is 8.42 Å². The van der Waals surface area contributed by atoms with Crippen LogP contribution >= 0.6 is 38.9 Å². The molecule has 0 aliphatic carbocycles. The average molecular weight is 373 g/mol. The Morgan fingerprint density at radius 2 is 2.33 bits per heavy atom. The van der Waals surface area contributed by atoms with Crippen LogP contribution in [-0.2, 0) is 10.0 Å². The fraction of sp³-hybridized carbons (Fsp3) is 0.286. The molecule has 0 radical (unpaired) electrons. The normalized spacial score (nSPS) is 13.7. The largest absolute Gasteiger partial charge is 0.250 e. The summed E-state index contributed by atoms with van der Waals surface area (Å²) in [6, 6.07) is 0.787. The summed E-state index contributed by atoms with van der Waals surface area (Å²) in [5.74, 6) is 0.264. The molecule has 0 aromatic carbocycles. The van der Waals surface area contributed by atoms with Gasteiger partial charge in [0.25, 0.3) is 10.0 Å². The van der Waals surface area contributed by atoms with Crippen molar-refractivity contribution in [2.24, 2.45) is 0 Å². The zero-order valence-corrected chi connectivity index (χ0v) is 12.9. The first-order chi connectivity index (χ1) is 8.40. The van der Waals surface area contributed by atoms with Crippen LogP contribution in [0.1, 0.15) is 18.8 Å². The number of sulfonamides is 1. The van der Waals surface area contributed by atoms with E-state index in [2.05, 4.69) is 41.3 Å². The summed E-state index contributed by atoms with van der Waals surface area (Å²) < 4.78 is 27.2. The number of rotatable bonds is 4. The molecule has 0 aliphatic heterocycles. The van der Waals surface area contributed by atoms with Crippen LogP contribution in [0.5, 0.6) is 0 Å². The van der Waals surface area contributed by atoms with Crippen LogP contribution < -0.4 is 4.72 Å². The summed E-state index contributed by atoms with van der Waals surface area (Å²) in [5.41, 5.74) is 0. The number of nitrogens with zero attached hydrogens (tertiary/aromatic N) is 3. The van der Waals surface area contributed by atoms with E-state index < -0.39 is 16.1 Å². The number of hydrogen-bond acceptors (Lipinski definition) is 6. The quantitative estimate of drug-likeness (QED) is 0.851. The van der Waals surface area contributed by atoms with Gasteiger partial charge < -0.3 is 0 Å². The van der Waals surface area contributed by atoms with Crippen LogP contribution in [0.2, 0.25) is 5.02 Å². The number of aromatic amines is 1. The minimum atomic E-state index is -3.65. The van der Waals surface area contributed by atoms with E-state index in [1.807, 2.05) is 0 Å². The fourth-order valence-corrected chi connectivity index (χ4v) is 4.77. The van der Waals surface area contributed by atoms with Crippen LogP contribution in [0, 0.1) is 0 Å². The highest BCUT2D eigenvalue weighted by Crippen LogP contribution is 2.34. The van der Waals surface area contributed by atoms with Crippen LogP contribution in [-0.4, -0.2) is 29.0 Å². The maximum absolute atomic E-state index is 12.0. The molecule has 98 valence electrons. The second-order valence-corrected chi connectivity index (χ2v) is 8.02. The van der Waals surface area contributed by atoms with Crippen molar-refractivity contribution in [3.8, 4) is 0 Å². The number of H-pyrrole nitrogens is 1. The van der Waals surface area contributed by atoms with E-state index in [0.717, 1.165) is 11.3 Å². The number of halogens is 2.